The van der Waals surface area contributed by atoms with Crippen LogP contribution in [0.5, 0.6) is 92.0 Å². The maximum atomic E-state index is 16.8. The van der Waals surface area contributed by atoms with Gasteiger partial charge in [-0.25, -0.2) is 9.80 Å². The number of nitrogens with zero attached hydrogens (tertiary/aromatic N) is 2. The maximum absolute atomic E-state index is 16.8. The van der Waals surface area contributed by atoms with Crippen LogP contribution < -0.4 is 47.7 Å². The number of alkyl halides is 18. The van der Waals surface area contributed by atoms with Crippen molar-refractivity contribution in [2.24, 2.45) is 0 Å². The van der Waals surface area contributed by atoms with Crippen LogP contribution in [0.15, 0.2) is 255 Å². The van der Waals surface area contributed by atoms with Gasteiger partial charge in [-0.05, 0) is 195 Å². The molecule has 17 rings (SSSR count). The molecule has 2 aliphatic rings. The second-order valence-electron chi connectivity index (χ2n) is 28.4. The Morgan fingerprint density at radius 2 is 0.403 bits per heavy atom. The van der Waals surface area contributed by atoms with E-state index in [0.29, 0.717) is 21.9 Å². The van der Waals surface area contributed by atoms with Gasteiger partial charge in [-0.1, -0.05) is 84.9 Å². The zero-order chi connectivity index (χ0) is 87.8. The lowest BCUT2D eigenvalue weighted by molar-refractivity contribution is -0.144. The molecule has 124 heavy (non-hydrogen) atoms. The summed E-state index contributed by atoms with van der Waals surface area (Å²) in [6.07, 6.45) is -32.1. The number of imide groups is 2. The van der Waals surface area contributed by atoms with Gasteiger partial charge in [0.2, 0.25) is 0 Å². The molecule has 0 radical (unpaired) electrons. The Kier molecular flexibility index (Phi) is 19.7. The van der Waals surface area contributed by atoms with Crippen LogP contribution in [0.4, 0.5) is 90.4 Å². The number of carbonyl (C=O) groups excluding carboxylic acids is 4. The molecule has 2 aliphatic heterocycles. The van der Waals surface area contributed by atoms with Crippen LogP contribution in [-0.2, 0) is 37.1 Å². The van der Waals surface area contributed by atoms with Gasteiger partial charge in [-0.15, -0.1) is 0 Å². The van der Waals surface area contributed by atoms with Crippen molar-refractivity contribution in [2.75, 3.05) is 9.80 Å². The van der Waals surface area contributed by atoms with E-state index in [0.717, 1.165) is 84.9 Å². The Balaban J connectivity index is 0.984. The molecule has 0 aromatic heterocycles. The van der Waals surface area contributed by atoms with Gasteiger partial charge in [0.25, 0.3) is 23.6 Å². The smallest absolute Gasteiger partial charge is 0.416 e. The molecule has 0 spiro atoms. The summed E-state index contributed by atoms with van der Waals surface area (Å²) >= 11 is 0. The SMILES string of the molecule is Cc1cc(Oc2cccc(Oc3cc(C(F)(F)F)cc(C(F)(F)F)c3)c2N2C(=O)c3cc(Oc4ccccc4)c4c5c(Oc6ccccc6)cc6c7c(cc(Oc8ccccc8)c(c8c(Oc9ccccc9)cc(c3c48)C2=O)c75)C(=O)N(c2c(Oc3cc(C)cc(C(F)(F)F)c3)cccc2Oc2cc(C(F)(F)F)cc(C(F)(F)F)c2)C6=O)cc(C(F)(F)F)c1. The highest BCUT2D eigenvalue weighted by Gasteiger charge is 2.47. The van der Waals surface area contributed by atoms with Crippen LogP contribution in [0, 0.1) is 13.8 Å². The molecule has 0 bridgehead atoms. The number of para-hydroxylation sites is 6. The predicted octanol–water partition coefficient (Wildman–Crippen LogP) is 28.4. The quantitative estimate of drug-likeness (QED) is 0.0348. The van der Waals surface area contributed by atoms with Gasteiger partial charge in [0.1, 0.15) is 80.4 Å². The van der Waals surface area contributed by atoms with Gasteiger partial charge in [-0.2, -0.15) is 79.0 Å². The number of halogens is 18. The summed E-state index contributed by atoms with van der Waals surface area (Å²) in [6.45, 7) is 2.50. The molecule has 15 aromatic rings. The van der Waals surface area contributed by atoms with Gasteiger partial charge in [-0.3, -0.25) is 19.2 Å². The van der Waals surface area contributed by atoms with Crippen LogP contribution in [0.2, 0.25) is 0 Å². The minimum Gasteiger partial charge on any atom is -0.457 e. The summed E-state index contributed by atoms with van der Waals surface area (Å²) in [4.78, 5) is 67.7. The van der Waals surface area contributed by atoms with E-state index in [9.17, 15) is 79.0 Å². The number of amides is 4. The third kappa shape index (κ3) is 15.2. The number of fused-ring (bicyclic) bond motifs is 2. The van der Waals surface area contributed by atoms with Crippen molar-refractivity contribution in [3.8, 4) is 92.0 Å². The largest absolute Gasteiger partial charge is 0.457 e. The summed E-state index contributed by atoms with van der Waals surface area (Å²) < 4.78 is 317. The van der Waals surface area contributed by atoms with Crippen molar-refractivity contribution in [3.63, 3.8) is 0 Å². The molecule has 32 heteroatoms. The number of rotatable bonds is 18. The van der Waals surface area contributed by atoms with E-state index in [-0.39, 0.29) is 114 Å². The summed E-state index contributed by atoms with van der Waals surface area (Å²) in [5.41, 5.74) is -14.4. The zero-order valence-corrected chi connectivity index (χ0v) is 62.8. The summed E-state index contributed by atoms with van der Waals surface area (Å²) in [5, 5.41) is -1.85. The maximum Gasteiger partial charge on any atom is 0.416 e. The Labute approximate surface area is 685 Å². The van der Waals surface area contributed by atoms with Gasteiger partial charge < -0.3 is 37.9 Å². The first-order chi connectivity index (χ1) is 58.7. The van der Waals surface area contributed by atoms with Crippen molar-refractivity contribution in [3.05, 3.63) is 322 Å². The predicted molar refractivity (Wildman–Crippen MR) is 414 cm³/mol. The number of hydrogen-bond acceptors (Lipinski definition) is 12. The van der Waals surface area contributed by atoms with Crippen LogP contribution in [0.3, 0.4) is 0 Å². The number of carbonyl (C=O) groups is 4. The van der Waals surface area contributed by atoms with Crippen molar-refractivity contribution >= 4 is 78.1 Å². The van der Waals surface area contributed by atoms with E-state index >= 15 is 19.2 Å². The van der Waals surface area contributed by atoms with E-state index in [1.165, 1.54) is 111 Å². The molecular weight excluding hydrogens is 1670 g/mol. The number of aryl methyl sites for hydroxylation is 2. The molecule has 14 nitrogen and oxygen atoms in total. The lowest BCUT2D eigenvalue weighted by Gasteiger charge is -2.33. The topological polar surface area (TPSA) is 149 Å². The molecule has 0 saturated carbocycles. The number of anilines is 2. The molecular formula is C92H48F18N2O12. The highest BCUT2D eigenvalue weighted by atomic mass is 19.4. The second kappa shape index (κ2) is 30.0. The first-order valence-electron chi connectivity index (χ1n) is 36.7. The molecule has 2 heterocycles. The van der Waals surface area contributed by atoms with Gasteiger partial charge in [0.15, 0.2) is 23.0 Å². The normalized spacial score (nSPS) is 13.4. The summed E-state index contributed by atoms with van der Waals surface area (Å²) in [7, 11) is 0. The zero-order valence-electron chi connectivity index (χ0n) is 62.8. The average molecular weight is 1720 g/mol. The summed E-state index contributed by atoms with van der Waals surface area (Å²) in [6, 6.07) is 45.5. The number of hydrogen-bond donors (Lipinski definition) is 0. The monoisotopic (exact) mass is 1710 g/mol. The van der Waals surface area contributed by atoms with E-state index in [1.54, 1.807) is 24.3 Å². The average Bonchev–Trinajstić information content (AvgIpc) is 0.668. The minimum absolute atomic E-state index is 0.0304. The van der Waals surface area contributed by atoms with E-state index in [1.807, 2.05) is 0 Å². The lowest BCUT2D eigenvalue weighted by atomic mass is 9.80. The molecule has 0 atom stereocenters. The van der Waals surface area contributed by atoms with E-state index in [4.69, 9.17) is 37.9 Å². The third-order valence-electron chi connectivity index (χ3n) is 19.9. The Bertz CT molecular complexity index is 6210. The fraction of sp³-hybridized carbons (Fsp3) is 0.0870. The van der Waals surface area contributed by atoms with Crippen LogP contribution >= 0.6 is 0 Å². The van der Waals surface area contributed by atoms with Crippen molar-refractivity contribution < 1.29 is 136 Å². The molecule has 0 aliphatic carbocycles. The highest BCUT2D eigenvalue weighted by Crippen LogP contribution is 2.61. The summed E-state index contributed by atoms with van der Waals surface area (Å²) in [5.74, 6) is -14.6. The molecule has 15 aromatic carbocycles. The van der Waals surface area contributed by atoms with Gasteiger partial charge in [0, 0.05) is 43.1 Å². The fourth-order valence-electron chi connectivity index (χ4n) is 14.9. The second-order valence-corrected chi connectivity index (χ2v) is 28.4. The van der Waals surface area contributed by atoms with Gasteiger partial charge >= 0.3 is 37.1 Å². The molecule has 624 valence electrons. The van der Waals surface area contributed by atoms with Gasteiger partial charge in [0.05, 0.1) is 55.6 Å². The third-order valence-corrected chi connectivity index (χ3v) is 19.9. The lowest BCUT2D eigenvalue weighted by Crippen LogP contribution is -2.41. The highest BCUT2D eigenvalue weighted by molar-refractivity contribution is 6.48. The Hall–Kier alpha value is -15.0. The van der Waals surface area contributed by atoms with Crippen LogP contribution in [-0.4, -0.2) is 23.6 Å². The first-order valence-corrected chi connectivity index (χ1v) is 36.7. The van der Waals surface area contributed by atoms with Crippen LogP contribution in [0.25, 0.3) is 43.1 Å². The molecule has 0 N–H and O–H groups in total. The van der Waals surface area contributed by atoms with Crippen molar-refractivity contribution in [1.82, 2.24) is 0 Å². The van der Waals surface area contributed by atoms with E-state index in [2.05, 4.69) is 0 Å². The van der Waals surface area contributed by atoms with Crippen molar-refractivity contribution in [1.29, 1.82) is 0 Å². The minimum atomic E-state index is -5.49. The molecule has 0 unspecified atom stereocenters. The number of benzene rings is 15. The molecule has 4 amide bonds. The molecule has 0 saturated heterocycles. The first kappa shape index (κ1) is 81.4. The van der Waals surface area contributed by atoms with Crippen molar-refractivity contribution in [2.45, 2.75) is 50.9 Å². The number of ether oxygens (including phenoxy) is 8. The van der Waals surface area contributed by atoms with E-state index < -0.39 is 197 Å². The fourth-order valence-corrected chi connectivity index (χ4v) is 14.9. The Morgan fingerprint density at radius 1 is 0.202 bits per heavy atom. The Morgan fingerprint density at radius 3 is 0.621 bits per heavy atom. The molecule has 0 fully saturated rings. The van der Waals surface area contributed by atoms with Crippen LogP contribution in [0.1, 0.15) is 85.9 Å². The standard InChI is InChI=1S/C92H48F18N2O12/c1-45-29-47(87(93,94)95)35-57(31-45)121-65-25-15-27-67(123-59-37-49(89(99,100)101)33-50(38-59)90(102,103)104)81(65)111-83(113)61-41-69(117-53-17-7-3-8-18-53)75-77-71(119-55-21-11-5-12-22-55)43-63-74-64(44-72(120-56-23-13-6-14-24-56)78(80(74)77)76-70(118-54-19-9-4-10-20-54)42-62(84(111)114)73(61)79(75)76)86(116)112(85(63)115)82-66(122-58-32-46(2)30-48(36-58)88(96,97)98)26-16-28-68(82)124-60-39-51(91(105,106)107)34-52(40-60)92(108,109)110/h3-44H,1-2H3.